The van der Waals surface area contributed by atoms with E-state index < -0.39 is 16.0 Å². The summed E-state index contributed by atoms with van der Waals surface area (Å²) in [6.07, 6.45) is 0.571. The monoisotopic (exact) mass is 336 g/mol. The zero-order chi connectivity index (χ0) is 15.2. The molecule has 0 aliphatic carbocycles. The van der Waals surface area contributed by atoms with Crippen molar-refractivity contribution in [3.8, 4) is 0 Å². The quantitative estimate of drug-likeness (QED) is 0.725. The molecule has 0 saturated heterocycles. The Morgan fingerprint density at radius 2 is 2.10 bits per heavy atom. The highest BCUT2D eigenvalue weighted by atomic mass is 35.5. The van der Waals surface area contributed by atoms with Crippen LogP contribution >= 0.6 is 12.4 Å². The van der Waals surface area contributed by atoms with Gasteiger partial charge in [-0.1, -0.05) is 12.1 Å². The summed E-state index contributed by atoms with van der Waals surface area (Å²) in [5, 5.41) is 0. The second-order valence-corrected chi connectivity index (χ2v) is 6.42. The van der Waals surface area contributed by atoms with Crippen molar-refractivity contribution in [2.75, 3.05) is 13.7 Å². The molecule has 8 heteroatoms. The number of benzene rings is 1. The van der Waals surface area contributed by atoms with E-state index in [1.165, 1.54) is 13.2 Å². The number of nitrogens with one attached hydrogen (secondary N) is 1. The molecule has 1 atom stereocenters. The SMILES string of the molecule is COC(=O)c1cccc(CS(=O)(=O)NCCC(C)N)c1.Cl. The van der Waals surface area contributed by atoms with Crippen molar-refractivity contribution in [3.05, 3.63) is 35.4 Å². The van der Waals surface area contributed by atoms with Gasteiger partial charge in [0, 0.05) is 12.6 Å². The lowest BCUT2D eigenvalue weighted by Gasteiger charge is -2.09. The predicted molar refractivity (Wildman–Crippen MR) is 83.9 cm³/mol. The number of methoxy groups -OCH3 is 1. The van der Waals surface area contributed by atoms with Crippen LogP contribution in [0.2, 0.25) is 0 Å². The Balaban J connectivity index is 0.00000400. The number of sulfonamides is 1. The summed E-state index contributed by atoms with van der Waals surface area (Å²) in [5.41, 5.74) is 6.41. The van der Waals surface area contributed by atoms with Crippen LogP contribution in [0.5, 0.6) is 0 Å². The molecule has 1 aromatic rings. The Hall–Kier alpha value is -1.15. The van der Waals surface area contributed by atoms with Crippen LogP contribution in [0.1, 0.15) is 29.3 Å². The lowest BCUT2D eigenvalue weighted by atomic mass is 10.1. The number of hydrogen-bond donors (Lipinski definition) is 2. The van der Waals surface area contributed by atoms with Crippen LogP contribution in [0.25, 0.3) is 0 Å². The van der Waals surface area contributed by atoms with Crippen LogP contribution in [0.4, 0.5) is 0 Å². The molecular weight excluding hydrogens is 316 g/mol. The highest BCUT2D eigenvalue weighted by Gasteiger charge is 2.13. The van der Waals surface area contributed by atoms with E-state index in [2.05, 4.69) is 9.46 Å². The number of hydrogen-bond acceptors (Lipinski definition) is 5. The molecule has 0 spiro atoms. The summed E-state index contributed by atoms with van der Waals surface area (Å²) in [6, 6.07) is 6.30. The lowest BCUT2D eigenvalue weighted by Crippen LogP contribution is -2.30. The number of halogens is 1. The van der Waals surface area contributed by atoms with Crippen molar-refractivity contribution >= 4 is 28.4 Å². The normalized spacial score (nSPS) is 12.3. The average molecular weight is 337 g/mol. The van der Waals surface area contributed by atoms with Gasteiger partial charge in [-0.15, -0.1) is 12.4 Å². The summed E-state index contributed by atoms with van der Waals surface area (Å²) in [6.45, 7) is 2.12. The minimum absolute atomic E-state index is 0. The van der Waals surface area contributed by atoms with Crippen molar-refractivity contribution in [3.63, 3.8) is 0 Å². The van der Waals surface area contributed by atoms with Gasteiger partial charge in [0.1, 0.15) is 0 Å². The summed E-state index contributed by atoms with van der Waals surface area (Å²) < 4.78 is 30.8. The Morgan fingerprint density at radius 3 is 2.67 bits per heavy atom. The zero-order valence-electron chi connectivity index (χ0n) is 12.0. The number of carbonyl (C=O) groups excluding carboxylic acids is 1. The first-order valence-corrected chi connectivity index (χ1v) is 7.89. The van der Waals surface area contributed by atoms with Crippen LogP contribution in [-0.4, -0.2) is 34.1 Å². The van der Waals surface area contributed by atoms with E-state index in [-0.39, 0.29) is 24.2 Å². The molecule has 0 aliphatic rings. The van der Waals surface area contributed by atoms with Gasteiger partial charge >= 0.3 is 5.97 Å². The van der Waals surface area contributed by atoms with Crippen molar-refractivity contribution in [1.82, 2.24) is 4.72 Å². The summed E-state index contributed by atoms with van der Waals surface area (Å²) in [5.74, 6) is -0.675. The van der Waals surface area contributed by atoms with E-state index in [9.17, 15) is 13.2 Å². The molecule has 0 amide bonds. The van der Waals surface area contributed by atoms with Gasteiger partial charge in [-0.05, 0) is 31.0 Å². The molecule has 0 aromatic heterocycles. The van der Waals surface area contributed by atoms with Gasteiger partial charge in [-0.2, -0.15) is 0 Å². The molecule has 1 unspecified atom stereocenters. The molecule has 120 valence electrons. The molecule has 0 fully saturated rings. The van der Waals surface area contributed by atoms with Gasteiger partial charge in [-0.3, -0.25) is 0 Å². The van der Waals surface area contributed by atoms with Gasteiger partial charge in [0.25, 0.3) is 0 Å². The van der Waals surface area contributed by atoms with Crippen LogP contribution in [-0.2, 0) is 20.5 Å². The fraction of sp³-hybridized carbons (Fsp3) is 0.462. The van der Waals surface area contributed by atoms with E-state index in [1.54, 1.807) is 18.2 Å². The highest BCUT2D eigenvalue weighted by molar-refractivity contribution is 7.88. The van der Waals surface area contributed by atoms with Gasteiger partial charge in [0.2, 0.25) is 10.0 Å². The van der Waals surface area contributed by atoms with Crippen LogP contribution in [0.3, 0.4) is 0 Å². The van der Waals surface area contributed by atoms with Crippen molar-refractivity contribution in [2.45, 2.75) is 25.1 Å². The summed E-state index contributed by atoms with van der Waals surface area (Å²) in [7, 11) is -2.16. The van der Waals surface area contributed by atoms with Crippen molar-refractivity contribution < 1.29 is 17.9 Å². The second kappa shape index (κ2) is 8.99. The van der Waals surface area contributed by atoms with E-state index in [0.29, 0.717) is 24.1 Å². The first-order chi connectivity index (χ1) is 9.34. The van der Waals surface area contributed by atoms with Gasteiger partial charge in [-0.25, -0.2) is 17.9 Å². The van der Waals surface area contributed by atoms with Crippen LogP contribution in [0.15, 0.2) is 24.3 Å². The fourth-order valence-corrected chi connectivity index (χ4v) is 2.77. The maximum Gasteiger partial charge on any atom is 0.337 e. The topological polar surface area (TPSA) is 98.5 Å². The summed E-state index contributed by atoms with van der Waals surface area (Å²) >= 11 is 0. The van der Waals surface area contributed by atoms with E-state index in [0.717, 1.165) is 0 Å². The molecule has 6 nitrogen and oxygen atoms in total. The highest BCUT2D eigenvalue weighted by Crippen LogP contribution is 2.09. The smallest absolute Gasteiger partial charge is 0.337 e. The van der Waals surface area contributed by atoms with Gasteiger partial charge in [0.15, 0.2) is 0 Å². The molecule has 0 aliphatic heterocycles. The number of rotatable bonds is 7. The Morgan fingerprint density at radius 1 is 1.43 bits per heavy atom. The lowest BCUT2D eigenvalue weighted by molar-refractivity contribution is 0.0600. The Bertz CT molecular complexity index is 561. The first kappa shape index (κ1) is 19.9. The largest absolute Gasteiger partial charge is 0.465 e. The molecule has 3 N–H and O–H groups in total. The number of esters is 1. The second-order valence-electron chi connectivity index (χ2n) is 4.61. The van der Waals surface area contributed by atoms with Crippen molar-refractivity contribution in [2.24, 2.45) is 5.73 Å². The number of carbonyl (C=O) groups is 1. The number of ether oxygens (including phenoxy) is 1. The van der Waals surface area contributed by atoms with Crippen LogP contribution < -0.4 is 10.5 Å². The van der Waals surface area contributed by atoms with Crippen molar-refractivity contribution in [1.29, 1.82) is 0 Å². The maximum atomic E-state index is 11.9. The van der Waals surface area contributed by atoms with Crippen LogP contribution in [0, 0.1) is 0 Å². The van der Waals surface area contributed by atoms with Gasteiger partial charge in [0.05, 0.1) is 18.4 Å². The van der Waals surface area contributed by atoms with E-state index >= 15 is 0 Å². The molecular formula is C13H21ClN2O4S. The Labute approximate surface area is 131 Å². The zero-order valence-corrected chi connectivity index (χ0v) is 13.7. The fourth-order valence-electron chi connectivity index (χ4n) is 1.62. The maximum absolute atomic E-state index is 11.9. The third kappa shape index (κ3) is 7.42. The van der Waals surface area contributed by atoms with E-state index in [1.807, 2.05) is 6.92 Å². The minimum atomic E-state index is -3.44. The van der Waals surface area contributed by atoms with Gasteiger partial charge < -0.3 is 10.5 Å². The summed E-state index contributed by atoms with van der Waals surface area (Å²) in [4.78, 5) is 11.4. The molecule has 0 heterocycles. The third-order valence-corrected chi connectivity index (χ3v) is 3.98. The molecule has 21 heavy (non-hydrogen) atoms. The third-order valence-electron chi connectivity index (χ3n) is 2.63. The number of nitrogens with two attached hydrogens (primary N) is 1. The standard InChI is InChI=1S/C13H20N2O4S.ClH/c1-10(14)6-7-15-20(17,18)9-11-4-3-5-12(8-11)13(16)19-2;/h3-5,8,10,15H,6-7,9,14H2,1-2H3;1H. The first-order valence-electron chi connectivity index (χ1n) is 6.24. The molecule has 0 saturated carbocycles. The molecule has 0 radical (unpaired) electrons. The Kier molecular flexibility index (Phi) is 8.50. The molecule has 1 aromatic carbocycles. The average Bonchev–Trinajstić information content (AvgIpc) is 2.36. The minimum Gasteiger partial charge on any atom is -0.465 e. The molecule has 0 bridgehead atoms. The predicted octanol–water partition coefficient (Wildman–Crippen LogP) is 1.05. The van der Waals surface area contributed by atoms with E-state index in [4.69, 9.17) is 5.73 Å². The molecule has 1 rings (SSSR count).